The Balaban J connectivity index is 1.94. The molecular weight excluding hydrogens is 230 g/mol. The van der Waals surface area contributed by atoms with Gasteiger partial charge < -0.3 is 10.5 Å². The lowest BCUT2D eigenvalue weighted by molar-refractivity contribution is 0.357. The van der Waals surface area contributed by atoms with Gasteiger partial charge in [-0.2, -0.15) is 0 Å². The number of nitrogens with two attached hydrogens (primary N) is 1. The van der Waals surface area contributed by atoms with Crippen molar-refractivity contribution in [2.45, 2.75) is 19.4 Å². The second kappa shape index (κ2) is 4.17. The molecule has 0 saturated carbocycles. The summed E-state index contributed by atoms with van der Waals surface area (Å²) in [6, 6.07) is 8.43. The van der Waals surface area contributed by atoms with E-state index in [1.165, 1.54) is 21.6 Å². The number of benzene rings is 1. The van der Waals surface area contributed by atoms with Crippen LogP contribution in [0.15, 0.2) is 29.6 Å². The highest BCUT2D eigenvalue weighted by Crippen LogP contribution is 2.30. The minimum absolute atomic E-state index is 0.0224. The van der Waals surface area contributed by atoms with Gasteiger partial charge in [-0.15, -0.1) is 11.3 Å². The number of hydrogen-bond acceptors (Lipinski definition) is 3. The number of thiophene rings is 1. The largest absolute Gasteiger partial charge is 0.493 e. The number of fused-ring (bicyclic) bond motifs is 1. The molecule has 0 spiro atoms. The van der Waals surface area contributed by atoms with Gasteiger partial charge in [-0.05, 0) is 41.1 Å². The monoisotopic (exact) mass is 245 g/mol. The Morgan fingerprint density at radius 1 is 1.29 bits per heavy atom. The summed E-state index contributed by atoms with van der Waals surface area (Å²) in [5.74, 6) is 1.02. The molecule has 1 atom stereocenters. The maximum absolute atomic E-state index is 6.29. The lowest BCUT2D eigenvalue weighted by atomic mass is 9.99. The molecule has 1 aliphatic heterocycles. The zero-order valence-electron chi connectivity index (χ0n) is 9.77. The van der Waals surface area contributed by atoms with E-state index in [-0.39, 0.29) is 6.04 Å². The average molecular weight is 245 g/mol. The van der Waals surface area contributed by atoms with Crippen LogP contribution in [-0.4, -0.2) is 6.61 Å². The fourth-order valence-corrected chi connectivity index (χ4v) is 2.96. The van der Waals surface area contributed by atoms with Crippen LogP contribution in [0.25, 0.3) is 0 Å². The normalized spacial score (nSPS) is 15.4. The van der Waals surface area contributed by atoms with Crippen LogP contribution in [0.1, 0.15) is 27.6 Å². The molecule has 2 heterocycles. The molecule has 0 amide bonds. The van der Waals surface area contributed by atoms with E-state index in [1.807, 2.05) is 6.07 Å². The smallest absolute Gasteiger partial charge is 0.122 e. The minimum Gasteiger partial charge on any atom is -0.493 e. The van der Waals surface area contributed by atoms with Crippen LogP contribution >= 0.6 is 11.3 Å². The van der Waals surface area contributed by atoms with Crippen molar-refractivity contribution < 1.29 is 4.74 Å². The summed E-state index contributed by atoms with van der Waals surface area (Å²) in [4.78, 5) is 1.31. The van der Waals surface area contributed by atoms with Crippen molar-refractivity contribution in [1.82, 2.24) is 0 Å². The fourth-order valence-electron chi connectivity index (χ4n) is 2.22. The van der Waals surface area contributed by atoms with Gasteiger partial charge in [0.2, 0.25) is 0 Å². The second-order valence-corrected chi connectivity index (χ2v) is 5.55. The number of hydrogen-bond donors (Lipinski definition) is 1. The van der Waals surface area contributed by atoms with Crippen molar-refractivity contribution in [1.29, 1.82) is 0 Å². The highest BCUT2D eigenvalue weighted by molar-refractivity contribution is 7.10. The first-order valence-corrected chi connectivity index (χ1v) is 6.68. The predicted molar refractivity (Wildman–Crippen MR) is 70.7 cm³/mol. The van der Waals surface area contributed by atoms with Crippen molar-refractivity contribution >= 4 is 11.3 Å². The highest BCUT2D eigenvalue weighted by Gasteiger charge is 2.16. The van der Waals surface area contributed by atoms with Gasteiger partial charge in [0.25, 0.3) is 0 Å². The number of ether oxygens (including phenoxy) is 1. The topological polar surface area (TPSA) is 35.2 Å². The van der Waals surface area contributed by atoms with Crippen LogP contribution in [0, 0.1) is 6.92 Å². The number of rotatable bonds is 2. The van der Waals surface area contributed by atoms with Crippen LogP contribution in [-0.2, 0) is 6.42 Å². The Bertz CT molecular complexity index is 547. The summed E-state index contributed by atoms with van der Waals surface area (Å²) in [6.07, 6.45) is 0.999. The van der Waals surface area contributed by atoms with E-state index < -0.39 is 0 Å². The van der Waals surface area contributed by atoms with E-state index in [2.05, 4.69) is 30.5 Å². The summed E-state index contributed by atoms with van der Waals surface area (Å²) >= 11 is 1.75. The van der Waals surface area contributed by atoms with Crippen LogP contribution < -0.4 is 10.5 Å². The van der Waals surface area contributed by atoms with Crippen molar-refractivity contribution in [2.24, 2.45) is 5.73 Å². The van der Waals surface area contributed by atoms with Gasteiger partial charge in [0.1, 0.15) is 5.75 Å². The molecule has 2 nitrogen and oxygen atoms in total. The third kappa shape index (κ3) is 1.96. The zero-order valence-corrected chi connectivity index (χ0v) is 10.6. The molecule has 3 rings (SSSR count). The Labute approximate surface area is 105 Å². The SMILES string of the molecule is Cc1cc(C(N)c2ccc3c(c2)CCO3)cs1. The van der Waals surface area contributed by atoms with Gasteiger partial charge in [0.05, 0.1) is 12.6 Å². The average Bonchev–Trinajstić information content (AvgIpc) is 2.95. The Hall–Kier alpha value is -1.32. The summed E-state index contributed by atoms with van der Waals surface area (Å²) < 4.78 is 5.50. The Kier molecular flexibility index (Phi) is 2.65. The predicted octanol–water partition coefficient (Wildman–Crippen LogP) is 3.04. The Morgan fingerprint density at radius 3 is 2.94 bits per heavy atom. The molecule has 17 heavy (non-hydrogen) atoms. The van der Waals surface area contributed by atoms with Crippen LogP contribution in [0.2, 0.25) is 0 Å². The standard InChI is InChI=1S/C14H15NOS/c1-9-6-12(8-17-9)14(15)11-2-3-13-10(7-11)4-5-16-13/h2-3,6-8,14H,4-5,15H2,1H3. The Morgan fingerprint density at radius 2 is 2.18 bits per heavy atom. The molecule has 1 aromatic heterocycles. The van der Waals surface area contributed by atoms with E-state index in [0.29, 0.717) is 0 Å². The lowest BCUT2D eigenvalue weighted by Crippen LogP contribution is -2.10. The maximum Gasteiger partial charge on any atom is 0.122 e. The lowest BCUT2D eigenvalue weighted by Gasteiger charge is -2.11. The van der Waals surface area contributed by atoms with Gasteiger partial charge in [-0.1, -0.05) is 12.1 Å². The first kappa shape index (κ1) is 10.8. The minimum atomic E-state index is -0.0224. The van der Waals surface area contributed by atoms with Crippen LogP contribution in [0.3, 0.4) is 0 Å². The summed E-state index contributed by atoms with van der Waals surface area (Å²) in [6.45, 7) is 2.91. The first-order chi connectivity index (χ1) is 8.24. The quantitative estimate of drug-likeness (QED) is 0.882. The molecular formula is C14H15NOS. The molecule has 0 aliphatic carbocycles. The van der Waals surface area contributed by atoms with E-state index in [9.17, 15) is 0 Å². The van der Waals surface area contributed by atoms with E-state index in [1.54, 1.807) is 11.3 Å². The molecule has 1 unspecified atom stereocenters. The maximum atomic E-state index is 6.29. The second-order valence-electron chi connectivity index (χ2n) is 4.43. The molecule has 88 valence electrons. The third-order valence-corrected chi connectivity index (χ3v) is 4.06. The van der Waals surface area contributed by atoms with Gasteiger partial charge in [-0.3, -0.25) is 0 Å². The van der Waals surface area contributed by atoms with Crippen molar-refractivity contribution in [3.8, 4) is 5.75 Å². The molecule has 2 N–H and O–H groups in total. The molecule has 2 aromatic rings. The van der Waals surface area contributed by atoms with Crippen LogP contribution in [0.4, 0.5) is 0 Å². The third-order valence-electron chi connectivity index (χ3n) is 3.18. The van der Waals surface area contributed by atoms with Crippen molar-refractivity contribution in [2.75, 3.05) is 6.61 Å². The van der Waals surface area contributed by atoms with Crippen molar-refractivity contribution in [3.63, 3.8) is 0 Å². The van der Waals surface area contributed by atoms with Gasteiger partial charge in [-0.25, -0.2) is 0 Å². The van der Waals surface area contributed by atoms with E-state index in [0.717, 1.165) is 18.8 Å². The van der Waals surface area contributed by atoms with Crippen LogP contribution in [0.5, 0.6) is 5.75 Å². The summed E-state index contributed by atoms with van der Waals surface area (Å²) in [7, 11) is 0. The van der Waals surface area contributed by atoms with E-state index >= 15 is 0 Å². The van der Waals surface area contributed by atoms with E-state index in [4.69, 9.17) is 10.5 Å². The molecule has 1 aliphatic rings. The fraction of sp³-hybridized carbons (Fsp3) is 0.286. The molecule has 1 aromatic carbocycles. The molecule has 0 saturated heterocycles. The van der Waals surface area contributed by atoms with Crippen molar-refractivity contribution in [3.05, 3.63) is 51.2 Å². The van der Waals surface area contributed by atoms with Gasteiger partial charge in [0, 0.05) is 11.3 Å². The molecule has 0 radical (unpaired) electrons. The molecule has 0 bridgehead atoms. The highest BCUT2D eigenvalue weighted by atomic mass is 32.1. The van der Waals surface area contributed by atoms with Gasteiger partial charge in [0.15, 0.2) is 0 Å². The molecule has 3 heteroatoms. The number of aryl methyl sites for hydroxylation is 1. The zero-order chi connectivity index (χ0) is 11.8. The summed E-state index contributed by atoms with van der Waals surface area (Å²) in [5, 5.41) is 2.14. The molecule has 0 fully saturated rings. The van der Waals surface area contributed by atoms with Gasteiger partial charge >= 0.3 is 0 Å². The summed E-state index contributed by atoms with van der Waals surface area (Å²) in [5.41, 5.74) is 9.95. The first-order valence-electron chi connectivity index (χ1n) is 5.80.